The first kappa shape index (κ1) is 13.7. The molecule has 0 bridgehead atoms. The fourth-order valence-corrected chi connectivity index (χ4v) is 2.72. The molecule has 1 unspecified atom stereocenters. The molecular formula is C14H23N3S. The number of nitrogens with zero attached hydrogens (tertiary/aromatic N) is 2. The smallest absolute Gasteiger partial charge is 0.0598 e. The first-order chi connectivity index (χ1) is 8.72. The van der Waals surface area contributed by atoms with E-state index in [1.807, 2.05) is 24.2 Å². The molecule has 1 aliphatic rings. The second-order valence-corrected chi connectivity index (χ2v) is 5.99. The lowest BCUT2D eigenvalue weighted by Gasteiger charge is -2.28. The van der Waals surface area contributed by atoms with Gasteiger partial charge in [-0.3, -0.25) is 4.98 Å². The molecule has 0 amide bonds. The third-order valence-electron chi connectivity index (χ3n) is 3.50. The summed E-state index contributed by atoms with van der Waals surface area (Å²) in [6.45, 7) is 3.22. The minimum Gasteiger partial charge on any atom is -0.370 e. The molecule has 0 radical (unpaired) electrons. The van der Waals surface area contributed by atoms with Gasteiger partial charge in [-0.1, -0.05) is 0 Å². The van der Waals surface area contributed by atoms with E-state index in [2.05, 4.69) is 41.5 Å². The number of pyridine rings is 1. The predicted octanol–water partition coefficient (Wildman–Crippen LogP) is 2.52. The molecule has 1 N–H and O–H groups in total. The molecule has 1 atom stereocenters. The molecule has 1 saturated carbocycles. The lowest BCUT2D eigenvalue weighted by molar-refractivity contribution is 0.679. The Hall–Kier alpha value is -0.740. The van der Waals surface area contributed by atoms with Crippen LogP contribution in [0.3, 0.4) is 0 Å². The number of nitrogens with one attached hydrogen (secondary N) is 1. The standard InChI is InChI=1S/C14H23N3S/c1-11(10-18-3)17(2)14-9-15-7-6-12(14)8-16-13-4-5-13/h6-7,9,11,13,16H,4-5,8,10H2,1-3H3. The lowest BCUT2D eigenvalue weighted by Crippen LogP contribution is -2.32. The Morgan fingerprint density at radius 3 is 3.00 bits per heavy atom. The van der Waals surface area contributed by atoms with Gasteiger partial charge in [0.15, 0.2) is 0 Å². The maximum absolute atomic E-state index is 4.28. The average Bonchev–Trinajstić information content (AvgIpc) is 3.20. The monoisotopic (exact) mass is 265 g/mol. The minimum atomic E-state index is 0.531. The summed E-state index contributed by atoms with van der Waals surface area (Å²) in [5.74, 6) is 1.14. The SMILES string of the molecule is CSCC(C)N(C)c1cnccc1CNC1CC1. The summed E-state index contributed by atoms with van der Waals surface area (Å²) in [7, 11) is 2.17. The minimum absolute atomic E-state index is 0.531. The Morgan fingerprint density at radius 2 is 2.33 bits per heavy atom. The van der Waals surface area contributed by atoms with Crippen LogP contribution in [0.15, 0.2) is 18.5 Å². The first-order valence-corrected chi connectivity index (χ1v) is 7.99. The Bertz CT molecular complexity index is 379. The Morgan fingerprint density at radius 1 is 1.56 bits per heavy atom. The number of thioether (sulfide) groups is 1. The van der Waals surface area contributed by atoms with Gasteiger partial charge in [0.05, 0.1) is 11.9 Å². The molecule has 4 heteroatoms. The van der Waals surface area contributed by atoms with Gasteiger partial charge in [-0.25, -0.2) is 0 Å². The third kappa shape index (κ3) is 3.62. The number of rotatable bonds is 7. The Labute approximate surface area is 114 Å². The van der Waals surface area contributed by atoms with Crippen molar-refractivity contribution in [1.29, 1.82) is 0 Å². The van der Waals surface area contributed by atoms with Gasteiger partial charge >= 0.3 is 0 Å². The van der Waals surface area contributed by atoms with Gasteiger partial charge in [0.25, 0.3) is 0 Å². The molecule has 1 aromatic rings. The molecule has 1 fully saturated rings. The van der Waals surface area contributed by atoms with Crippen LogP contribution in [0.5, 0.6) is 0 Å². The van der Waals surface area contributed by atoms with Gasteiger partial charge in [0.2, 0.25) is 0 Å². The van der Waals surface area contributed by atoms with E-state index in [-0.39, 0.29) is 0 Å². The quantitative estimate of drug-likeness (QED) is 0.820. The van der Waals surface area contributed by atoms with Crippen molar-refractivity contribution in [2.45, 2.75) is 38.4 Å². The van der Waals surface area contributed by atoms with Gasteiger partial charge in [-0.15, -0.1) is 0 Å². The number of hydrogen-bond donors (Lipinski definition) is 1. The predicted molar refractivity (Wildman–Crippen MR) is 80.3 cm³/mol. The van der Waals surface area contributed by atoms with E-state index in [1.165, 1.54) is 24.1 Å². The molecule has 1 heterocycles. The molecule has 3 nitrogen and oxygen atoms in total. The highest BCUT2D eigenvalue weighted by Gasteiger charge is 2.21. The summed E-state index contributed by atoms with van der Waals surface area (Å²) in [4.78, 5) is 6.62. The zero-order valence-corrected chi connectivity index (χ0v) is 12.3. The fraction of sp³-hybridized carbons (Fsp3) is 0.643. The number of hydrogen-bond acceptors (Lipinski definition) is 4. The van der Waals surface area contributed by atoms with E-state index in [1.54, 1.807) is 0 Å². The Balaban J connectivity index is 2.04. The molecule has 0 saturated heterocycles. The van der Waals surface area contributed by atoms with Gasteiger partial charge in [0.1, 0.15) is 0 Å². The zero-order chi connectivity index (χ0) is 13.0. The summed E-state index contributed by atoms with van der Waals surface area (Å²) in [5, 5.41) is 3.58. The third-order valence-corrected chi connectivity index (χ3v) is 4.31. The second-order valence-electron chi connectivity index (χ2n) is 5.07. The molecule has 0 aliphatic heterocycles. The van der Waals surface area contributed by atoms with Crippen LogP contribution < -0.4 is 10.2 Å². The molecule has 2 rings (SSSR count). The highest BCUT2D eigenvalue weighted by Crippen LogP contribution is 2.23. The van der Waals surface area contributed by atoms with Crippen molar-refractivity contribution >= 4 is 17.4 Å². The maximum Gasteiger partial charge on any atom is 0.0598 e. The lowest BCUT2D eigenvalue weighted by atomic mass is 10.2. The van der Waals surface area contributed by atoms with Crippen LogP contribution in [0.1, 0.15) is 25.3 Å². The van der Waals surface area contributed by atoms with E-state index in [4.69, 9.17) is 0 Å². The summed E-state index contributed by atoms with van der Waals surface area (Å²) >= 11 is 1.89. The Kier molecular flexibility index (Phi) is 4.89. The molecule has 0 aromatic carbocycles. The van der Waals surface area contributed by atoms with E-state index >= 15 is 0 Å². The van der Waals surface area contributed by atoms with Crippen molar-refractivity contribution in [3.8, 4) is 0 Å². The van der Waals surface area contributed by atoms with Gasteiger partial charge < -0.3 is 10.2 Å². The van der Waals surface area contributed by atoms with Crippen molar-refractivity contribution in [3.05, 3.63) is 24.0 Å². The van der Waals surface area contributed by atoms with E-state index in [0.717, 1.165) is 18.3 Å². The van der Waals surface area contributed by atoms with Crippen molar-refractivity contribution in [1.82, 2.24) is 10.3 Å². The van der Waals surface area contributed by atoms with Crippen LogP contribution in [0.4, 0.5) is 5.69 Å². The van der Waals surface area contributed by atoms with Crippen molar-refractivity contribution in [3.63, 3.8) is 0 Å². The second kappa shape index (κ2) is 6.43. The van der Waals surface area contributed by atoms with Crippen LogP contribution >= 0.6 is 11.8 Å². The molecule has 0 spiro atoms. The van der Waals surface area contributed by atoms with Crippen LogP contribution in [0, 0.1) is 0 Å². The zero-order valence-electron chi connectivity index (χ0n) is 11.5. The highest BCUT2D eigenvalue weighted by molar-refractivity contribution is 7.98. The topological polar surface area (TPSA) is 28.2 Å². The summed E-state index contributed by atoms with van der Waals surface area (Å²) in [6.07, 6.45) is 8.70. The summed E-state index contributed by atoms with van der Waals surface area (Å²) < 4.78 is 0. The van der Waals surface area contributed by atoms with Gasteiger partial charge in [-0.2, -0.15) is 11.8 Å². The van der Waals surface area contributed by atoms with Crippen LogP contribution in [0.2, 0.25) is 0 Å². The van der Waals surface area contributed by atoms with Gasteiger partial charge in [-0.05, 0) is 37.7 Å². The van der Waals surface area contributed by atoms with Crippen molar-refractivity contribution in [2.75, 3.05) is 24.0 Å². The fourth-order valence-electron chi connectivity index (χ4n) is 2.01. The number of anilines is 1. The van der Waals surface area contributed by atoms with Gasteiger partial charge in [0, 0.05) is 37.6 Å². The van der Waals surface area contributed by atoms with E-state index < -0.39 is 0 Å². The van der Waals surface area contributed by atoms with Crippen LogP contribution in [-0.4, -0.2) is 36.1 Å². The van der Waals surface area contributed by atoms with Crippen molar-refractivity contribution in [2.24, 2.45) is 0 Å². The molecular weight excluding hydrogens is 242 g/mol. The first-order valence-electron chi connectivity index (χ1n) is 6.60. The van der Waals surface area contributed by atoms with E-state index in [0.29, 0.717) is 6.04 Å². The van der Waals surface area contributed by atoms with E-state index in [9.17, 15) is 0 Å². The van der Waals surface area contributed by atoms with Crippen LogP contribution in [-0.2, 0) is 6.54 Å². The highest BCUT2D eigenvalue weighted by atomic mass is 32.2. The van der Waals surface area contributed by atoms with Crippen LogP contribution in [0.25, 0.3) is 0 Å². The summed E-state index contributed by atoms with van der Waals surface area (Å²) in [5.41, 5.74) is 2.61. The maximum atomic E-state index is 4.28. The summed E-state index contributed by atoms with van der Waals surface area (Å²) in [6, 6.07) is 3.41. The molecule has 18 heavy (non-hydrogen) atoms. The number of aromatic nitrogens is 1. The normalized spacial score (nSPS) is 16.6. The molecule has 1 aromatic heterocycles. The largest absolute Gasteiger partial charge is 0.370 e. The molecule has 100 valence electrons. The average molecular weight is 265 g/mol. The van der Waals surface area contributed by atoms with Crippen molar-refractivity contribution < 1.29 is 0 Å². The molecule has 1 aliphatic carbocycles.